The Morgan fingerprint density at radius 1 is 1.47 bits per heavy atom. The first-order chi connectivity index (χ1) is 7.99. The predicted octanol–water partition coefficient (Wildman–Crippen LogP) is 2.77. The first-order valence-electron chi connectivity index (χ1n) is 5.89. The molecule has 94 valence electrons. The third-order valence-electron chi connectivity index (χ3n) is 3.34. The van der Waals surface area contributed by atoms with E-state index < -0.39 is 0 Å². The maximum atomic E-state index is 13.7. The van der Waals surface area contributed by atoms with Gasteiger partial charge in [-0.15, -0.1) is 0 Å². The third-order valence-corrected chi connectivity index (χ3v) is 3.83. The number of hydrogen-bond donors (Lipinski definition) is 1. The van der Waals surface area contributed by atoms with Crippen LogP contribution < -0.4 is 5.32 Å². The summed E-state index contributed by atoms with van der Waals surface area (Å²) in [5, 5.41) is 3.37. The molecule has 0 aromatic heterocycles. The zero-order valence-electron chi connectivity index (χ0n) is 10.3. The van der Waals surface area contributed by atoms with Gasteiger partial charge in [-0.2, -0.15) is 0 Å². The highest BCUT2D eigenvalue weighted by atomic mass is 79.9. The van der Waals surface area contributed by atoms with E-state index in [1.54, 1.807) is 6.07 Å². The smallest absolute Gasteiger partial charge is 0.127 e. The summed E-state index contributed by atoms with van der Waals surface area (Å²) in [6.45, 7) is 7.92. The van der Waals surface area contributed by atoms with Gasteiger partial charge in [0.15, 0.2) is 0 Å². The Hall–Kier alpha value is -0.450. The van der Waals surface area contributed by atoms with Gasteiger partial charge in [0.05, 0.1) is 0 Å². The number of rotatable bonds is 2. The molecule has 1 N–H and O–H groups in total. The maximum absolute atomic E-state index is 13.7. The van der Waals surface area contributed by atoms with Crippen LogP contribution in [0.2, 0.25) is 0 Å². The quantitative estimate of drug-likeness (QED) is 0.903. The zero-order valence-corrected chi connectivity index (χ0v) is 11.8. The largest absolute Gasteiger partial charge is 0.314 e. The van der Waals surface area contributed by atoms with Gasteiger partial charge in [-0.1, -0.05) is 15.9 Å². The Kier molecular flexibility index (Phi) is 3.85. The lowest BCUT2D eigenvalue weighted by atomic mass is 9.99. The molecule has 0 unspecified atom stereocenters. The van der Waals surface area contributed by atoms with E-state index in [0.29, 0.717) is 6.54 Å². The van der Waals surface area contributed by atoms with Crippen molar-refractivity contribution in [3.8, 4) is 0 Å². The highest BCUT2D eigenvalue weighted by Crippen LogP contribution is 2.22. The molecule has 0 amide bonds. The number of hydrogen-bond acceptors (Lipinski definition) is 2. The fourth-order valence-electron chi connectivity index (χ4n) is 2.19. The third kappa shape index (κ3) is 3.06. The lowest BCUT2D eigenvalue weighted by Gasteiger charge is -2.43. The van der Waals surface area contributed by atoms with E-state index in [-0.39, 0.29) is 11.4 Å². The lowest BCUT2D eigenvalue weighted by molar-refractivity contribution is 0.0816. The van der Waals surface area contributed by atoms with Gasteiger partial charge in [0.2, 0.25) is 0 Å². The van der Waals surface area contributed by atoms with E-state index >= 15 is 0 Å². The van der Waals surface area contributed by atoms with E-state index in [1.807, 2.05) is 6.07 Å². The van der Waals surface area contributed by atoms with E-state index in [4.69, 9.17) is 0 Å². The summed E-state index contributed by atoms with van der Waals surface area (Å²) in [6.07, 6.45) is 0. The first kappa shape index (κ1) is 13.0. The topological polar surface area (TPSA) is 15.3 Å². The van der Waals surface area contributed by atoms with E-state index in [9.17, 15) is 4.39 Å². The molecule has 17 heavy (non-hydrogen) atoms. The van der Waals surface area contributed by atoms with Gasteiger partial charge >= 0.3 is 0 Å². The van der Waals surface area contributed by atoms with Crippen molar-refractivity contribution >= 4 is 15.9 Å². The van der Waals surface area contributed by atoms with Crippen molar-refractivity contribution in [2.75, 3.05) is 19.6 Å². The van der Waals surface area contributed by atoms with Gasteiger partial charge in [-0.05, 0) is 32.0 Å². The molecule has 0 radical (unpaired) electrons. The molecule has 1 aromatic carbocycles. The Balaban J connectivity index is 2.16. The fraction of sp³-hybridized carbons (Fsp3) is 0.538. The molecule has 0 spiro atoms. The van der Waals surface area contributed by atoms with Crippen LogP contribution in [0.15, 0.2) is 22.7 Å². The average molecular weight is 301 g/mol. The van der Waals surface area contributed by atoms with Gasteiger partial charge in [0.25, 0.3) is 0 Å². The van der Waals surface area contributed by atoms with Crippen molar-refractivity contribution in [1.29, 1.82) is 0 Å². The fourth-order valence-corrected chi connectivity index (χ4v) is 2.59. The monoisotopic (exact) mass is 300 g/mol. The molecule has 2 rings (SSSR count). The number of piperazine rings is 1. The lowest BCUT2D eigenvalue weighted by Crippen LogP contribution is -2.57. The second kappa shape index (κ2) is 5.04. The SMILES string of the molecule is CC1(C)CNCCN1Cc1cc(Br)ccc1F. The van der Waals surface area contributed by atoms with Crippen LogP contribution in [-0.4, -0.2) is 30.1 Å². The zero-order chi connectivity index (χ0) is 12.5. The molecule has 0 saturated carbocycles. The molecule has 1 fully saturated rings. The van der Waals surface area contributed by atoms with Crippen LogP contribution in [0.5, 0.6) is 0 Å². The minimum Gasteiger partial charge on any atom is -0.314 e. The Morgan fingerprint density at radius 3 is 2.94 bits per heavy atom. The van der Waals surface area contributed by atoms with Crippen molar-refractivity contribution in [1.82, 2.24) is 10.2 Å². The summed E-state index contributed by atoms with van der Waals surface area (Å²) in [5.74, 6) is -0.123. The van der Waals surface area contributed by atoms with Crippen molar-refractivity contribution < 1.29 is 4.39 Å². The predicted molar refractivity (Wildman–Crippen MR) is 71.5 cm³/mol. The Bertz CT molecular complexity index is 406. The van der Waals surface area contributed by atoms with Crippen molar-refractivity contribution in [3.05, 3.63) is 34.1 Å². The summed E-state index contributed by atoms with van der Waals surface area (Å²) in [5.41, 5.74) is 0.835. The van der Waals surface area contributed by atoms with Gasteiger partial charge in [-0.25, -0.2) is 4.39 Å². The van der Waals surface area contributed by atoms with E-state index in [0.717, 1.165) is 29.7 Å². The molecule has 1 saturated heterocycles. The highest BCUT2D eigenvalue weighted by Gasteiger charge is 2.29. The van der Waals surface area contributed by atoms with E-state index in [2.05, 4.69) is 40.0 Å². The highest BCUT2D eigenvalue weighted by molar-refractivity contribution is 9.10. The van der Waals surface area contributed by atoms with Crippen LogP contribution in [0.4, 0.5) is 4.39 Å². The van der Waals surface area contributed by atoms with Crippen LogP contribution in [0, 0.1) is 5.82 Å². The first-order valence-corrected chi connectivity index (χ1v) is 6.68. The van der Waals surface area contributed by atoms with Crippen molar-refractivity contribution in [2.24, 2.45) is 0 Å². The van der Waals surface area contributed by atoms with Crippen molar-refractivity contribution in [2.45, 2.75) is 25.9 Å². The molecule has 1 aromatic rings. The van der Waals surface area contributed by atoms with Crippen LogP contribution in [0.3, 0.4) is 0 Å². The molecule has 0 bridgehead atoms. The molecule has 2 nitrogen and oxygen atoms in total. The van der Waals surface area contributed by atoms with Gasteiger partial charge in [0.1, 0.15) is 5.82 Å². The Morgan fingerprint density at radius 2 is 2.24 bits per heavy atom. The van der Waals surface area contributed by atoms with Gasteiger partial charge in [-0.3, -0.25) is 4.90 Å². The summed E-state index contributed by atoms with van der Waals surface area (Å²) >= 11 is 3.39. The molecule has 0 atom stereocenters. The van der Waals surface area contributed by atoms with Crippen LogP contribution in [0.1, 0.15) is 19.4 Å². The van der Waals surface area contributed by atoms with E-state index in [1.165, 1.54) is 6.07 Å². The minimum absolute atomic E-state index is 0.0764. The average Bonchev–Trinajstić information content (AvgIpc) is 2.26. The summed E-state index contributed by atoms with van der Waals surface area (Å²) in [6, 6.07) is 5.13. The number of nitrogens with one attached hydrogen (secondary N) is 1. The second-order valence-electron chi connectivity index (χ2n) is 5.15. The summed E-state index contributed by atoms with van der Waals surface area (Å²) in [4.78, 5) is 2.33. The minimum atomic E-state index is -0.123. The molecular weight excluding hydrogens is 283 g/mol. The molecule has 1 aliphatic rings. The van der Waals surface area contributed by atoms with Crippen LogP contribution in [-0.2, 0) is 6.54 Å². The number of nitrogens with zero attached hydrogens (tertiary/aromatic N) is 1. The molecule has 0 aliphatic carbocycles. The molecule has 1 aliphatic heterocycles. The summed E-state index contributed by atoms with van der Waals surface area (Å²) in [7, 11) is 0. The molecule has 4 heteroatoms. The maximum Gasteiger partial charge on any atom is 0.127 e. The number of benzene rings is 1. The Labute approximate surface area is 110 Å². The van der Waals surface area contributed by atoms with Crippen LogP contribution in [0.25, 0.3) is 0 Å². The number of halogens is 2. The molecule has 1 heterocycles. The van der Waals surface area contributed by atoms with Gasteiger partial charge in [0, 0.05) is 41.8 Å². The summed E-state index contributed by atoms with van der Waals surface area (Å²) < 4.78 is 14.6. The van der Waals surface area contributed by atoms with Gasteiger partial charge < -0.3 is 5.32 Å². The standard InChI is InChI=1S/C13H18BrFN2/c1-13(2)9-16-5-6-17(13)8-10-7-11(14)3-4-12(10)15/h3-4,7,16H,5-6,8-9H2,1-2H3. The molecular formula is C13H18BrFN2. The van der Waals surface area contributed by atoms with Crippen molar-refractivity contribution in [3.63, 3.8) is 0 Å². The van der Waals surface area contributed by atoms with Crippen LogP contribution >= 0.6 is 15.9 Å². The normalized spacial score (nSPS) is 20.5. The second-order valence-corrected chi connectivity index (χ2v) is 6.06.